The monoisotopic (exact) mass is 298 g/mol. The number of H-pyrrole nitrogens is 1. The highest BCUT2D eigenvalue weighted by Gasteiger charge is 2.10. The zero-order chi connectivity index (χ0) is 14.0. The standard InChI is InChI=1S/C12H8Cl2N2O3/c13-7-1-2-8(14)9(5-7)15-12(19)6-3-10(17)16-11(18)4-6/h1-5H,(H,15,19)(H2,16,17,18). The van der Waals surface area contributed by atoms with E-state index in [1.807, 2.05) is 0 Å². The molecule has 0 unspecified atom stereocenters. The topological polar surface area (TPSA) is 82.2 Å². The van der Waals surface area contributed by atoms with Gasteiger partial charge in [-0.25, -0.2) is 0 Å². The van der Waals surface area contributed by atoms with Crippen molar-refractivity contribution < 1.29 is 9.90 Å². The number of carbonyl (C=O) groups is 1. The van der Waals surface area contributed by atoms with Crippen molar-refractivity contribution in [1.29, 1.82) is 0 Å². The number of amides is 1. The minimum Gasteiger partial charge on any atom is -0.494 e. The van der Waals surface area contributed by atoms with Crippen LogP contribution in [0.4, 0.5) is 5.69 Å². The van der Waals surface area contributed by atoms with Crippen LogP contribution in [-0.4, -0.2) is 16.0 Å². The molecule has 5 nitrogen and oxygen atoms in total. The summed E-state index contributed by atoms with van der Waals surface area (Å²) in [5, 5.41) is 12.4. The second kappa shape index (κ2) is 5.34. The molecule has 0 aliphatic carbocycles. The van der Waals surface area contributed by atoms with Crippen LogP contribution in [-0.2, 0) is 0 Å². The first-order valence-corrected chi connectivity index (χ1v) is 5.91. The zero-order valence-electron chi connectivity index (χ0n) is 9.41. The highest BCUT2D eigenvalue weighted by molar-refractivity contribution is 6.35. The number of anilines is 1. The Kier molecular flexibility index (Phi) is 3.78. The molecule has 0 saturated heterocycles. The second-order valence-corrected chi connectivity index (χ2v) is 4.54. The Morgan fingerprint density at radius 1 is 1.21 bits per heavy atom. The molecule has 0 saturated carbocycles. The van der Waals surface area contributed by atoms with Crippen LogP contribution in [0.25, 0.3) is 0 Å². The summed E-state index contributed by atoms with van der Waals surface area (Å²) in [5.41, 5.74) is -0.251. The summed E-state index contributed by atoms with van der Waals surface area (Å²) in [5.74, 6) is -0.972. The summed E-state index contributed by atoms with van der Waals surface area (Å²) >= 11 is 11.7. The quantitative estimate of drug-likeness (QED) is 0.797. The van der Waals surface area contributed by atoms with Gasteiger partial charge in [0, 0.05) is 17.2 Å². The predicted octanol–water partition coefficient (Wildman–Crippen LogP) is 2.64. The molecule has 19 heavy (non-hydrogen) atoms. The summed E-state index contributed by atoms with van der Waals surface area (Å²) < 4.78 is 0. The molecule has 0 aliphatic rings. The molecule has 1 heterocycles. The first kappa shape index (κ1) is 13.5. The van der Waals surface area contributed by atoms with E-state index in [1.54, 1.807) is 6.07 Å². The number of aromatic nitrogens is 1. The number of pyridine rings is 1. The molecule has 0 bridgehead atoms. The lowest BCUT2D eigenvalue weighted by Crippen LogP contribution is -2.16. The number of benzene rings is 1. The molecule has 1 aromatic heterocycles. The molecular weight excluding hydrogens is 291 g/mol. The van der Waals surface area contributed by atoms with Crippen molar-refractivity contribution >= 4 is 34.8 Å². The van der Waals surface area contributed by atoms with Gasteiger partial charge in [-0.1, -0.05) is 23.2 Å². The van der Waals surface area contributed by atoms with Crippen LogP contribution in [0.5, 0.6) is 5.88 Å². The lowest BCUT2D eigenvalue weighted by Gasteiger charge is -2.07. The van der Waals surface area contributed by atoms with Gasteiger partial charge in [-0.3, -0.25) is 14.6 Å². The fraction of sp³-hybridized carbons (Fsp3) is 0. The fourth-order valence-corrected chi connectivity index (χ4v) is 1.78. The van der Waals surface area contributed by atoms with Gasteiger partial charge in [0.05, 0.1) is 16.3 Å². The van der Waals surface area contributed by atoms with Crippen molar-refractivity contribution in [3.8, 4) is 5.88 Å². The fourth-order valence-electron chi connectivity index (χ4n) is 1.45. The van der Waals surface area contributed by atoms with Gasteiger partial charge in [0.25, 0.3) is 11.5 Å². The number of rotatable bonds is 2. The molecule has 0 fully saturated rings. The number of hydrogen-bond acceptors (Lipinski definition) is 3. The van der Waals surface area contributed by atoms with Crippen LogP contribution in [0.1, 0.15) is 10.4 Å². The van der Waals surface area contributed by atoms with Crippen molar-refractivity contribution in [1.82, 2.24) is 4.98 Å². The molecular formula is C12H8Cl2N2O3. The normalized spacial score (nSPS) is 10.2. The van der Waals surface area contributed by atoms with Gasteiger partial charge in [-0.2, -0.15) is 0 Å². The van der Waals surface area contributed by atoms with E-state index in [-0.39, 0.29) is 5.56 Å². The van der Waals surface area contributed by atoms with Crippen LogP contribution >= 0.6 is 23.2 Å². The van der Waals surface area contributed by atoms with Gasteiger partial charge in [-0.15, -0.1) is 0 Å². The van der Waals surface area contributed by atoms with E-state index >= 15 is 0 Å². The van der Waals surface area contributed by atoms with Crippen molar-refractivity contribution in [2.45, 2.75) is 0 Å². The maximum Gasteiger partial charge on any atom is 0.256 e. The Bertz CT molecular complexity index is 698. The summed E-state index contributed by atoms with van der Waals surface area (Å²) in [6.45, 7) is 0. The van der Waals surface area contributed by atoms with E-state index in [0.717, 1.165) is 12.1 Å². The van der Waals surface area contributed by atoms with Gasteiger partial charge >= 0.3 is 0 Å². The van der Waals surface area contributed by atoms with E-state index < -0.39 is 17.3 Å². The molecule has 0 atom stereocenters. The summed E-state index contributed by atoms with van der Waals surface area (Å²) in [6, 6.07) is 6.80. The number of aromatic amines is 1. The minimum absolute atomic E-state index is 0.0114. The maximum atomic E-state index is 11.9. The number of halogens is 2. The number of nitrogens with one attached hydrogen (secondary N) is 2. The SMILES string of the molecule is O=C(Nc1cc(Cl)ccc1Cl)c1cc(O)[nH]c(=O)c1. The van der Waals surface area contributed by atoms with Gasteiger partial charge in [0.2, 0.25) is 0 Å². The Labute approximate surface area is 117 Å². The summed E-state index contributed by atoms with van der Waals surface area (Å²) in [4.78, 5) is 25.2. The largest absolute Gasteiger partial charge is 0.494 e. The van der Waals surface area contributed by atoms with Crippen LogP contribution in [0.15, 0.2) is 35.1 Å². The smallest absolute Gasteiger partial charge is 0.256 e. The number of aromatic hydroxyl groups is 1. The van der Waals surface area contributed by atoms with Crippen LogP contribution in [0, 0.1) is 0 Å². The van der Waals surface area contributed by atoms with Gasteiger partial charge < -0.3 is 10.4 Å². The third-order valence-electron chi connectivity index (χ3n) is 2.27. The molecule has 2 aromatic rings. The van der Waals surface area contributed by atoms with E-state index in [0.29, 0.717) is 15.7 Å². The van der Waals surface area contributed by atoms with E-state index in [2.05, 4.69) is 10.3 Å². The lowest BCUT2D eigenvalue weighted by molar-refractivity contribution is 0.102. The van der Waals surface area contributed by atoms with Crippen LogP contribution < -0.4 is 10.9 Å². The van der Waals surface area contributed by atoms with E-state index in [4.69, 9.17) is 23.2 Å². The summed E-state index contributed by atoms with van der Waals surface area (Å²) in [6.07, 6.45) is 0. The first-order valence-electron chi connectivity index (χ1n) is 5.15. The second-order valence-electron chi connectivity index (χ2n) is 3.70. The molecule has 1 amide bonds. The van der Waals surface area contributed by atoms with Crippen molar-refractivity contribution in [3.05, 3.63) is 56.3 Å². The highest BCUT2D eigenvalue weighted by atomic mass is 35.5. The van der Waals surface area contributed by atoms with Gasteiger partial charge in [0.15, 0.2) is 5.88 Å². The molecule has 98 valence electrons. The Morgan fingerprint density at radius 3 is 2.63 bits per heavy atom. The summed E-state index contributed by atoms with van der Waals surface area (Å²) in [7, 11) is 0. The van der Waals surface area contributed by atoms with E-state index in [9.17, 15) is 14.7 Å². The third-order valence-corrected chi connectivity index (χ3v) is 2.83. The van der Waals surface area contributed by atoms with E-state index in [1.165, 1.54) is 12.1 Å². The molecule has 1 aromatic carbocycles. The molecule has 7 heteroatoms. The Balaban J connectivity index is 2.30. The lowest BCUT2D eigenvalue weighted by atomic mass is 10.2. The number of hydrogen-bond donors (Lipinski definition) is 3. The van der Waals surface area contributed by atoms with Crippen molar-refractivity contribution in [2.24, 2.45) is 0 Å². The van der Waals surface area contributed by atoms with Crippen LogP contribution in [0.2, 0.25) is 10.0 Å². The average Bonchev–Trinajstić information content (AvgIpc) is 2.32. The third kappa shape index (κ3) is 3.27. The molecule has 0 spiro atoms. The predicted molar refractivity (Wildman–Crippen MR) is 73.1 cm³/mol. The molecule has 0 radical (unpaired) electrons. The zero-order valence-corrected chi connectivity index (χ0v) is 10.9. The van der Waals surface area contributed by atoms with Gasteiger partial charge in [0.1, 0.15) is 0 Å². The minimum atomic E-state index is -0.581. The average molecular weight is 299 g/mol. The first-order chi connectivity index (χ1) is 8.95. The highest BCUT2D eigenvalue weighted by Crippen LogP contribution is 2.25. The Morgan fingerprint density at radius 2 is 1.95 bits per heavy atom. The Hall–Kier alpha value is -1.98. The van der Waals surface area contributed by atoms with Crippen molar-refractivity contribution in [2.75, 3.05) is 5.32 Å². The van der Waals surface area contributed by atoms with Gasteiger partial charge in [-0.05, 0) is 18.2 Å². The van der Waals surface area contributed by atoms with Crippen LogP contribution in [0.3, 0.4) is 0 Å². The maximum absolute atomic E-state index is 11.9. The van der Waals surface area contributed by atoms with Crippen molar-refractivity contribution in [3.63, 3.8) is 0 Å². The molecule has 2 rings (SSSR count). The molecule has 0 aliphatic heterocycles. The number of carbonyl (C=O) groups excluding carboxylic acids is 1. The molecule has 3 N–H and O–H groups in total.